The van der Waals surface area contributed by atoms with Gasteiger partial charge in [0.15, 0.2) is 5.75 Å². The average molecular weight is 310 g/mol. The van der Waals surface area contributed by atoms with Crippen molar-refractivity contribution in [2.75, 3.05) is 0 Å². The number of hydrogen-bond donors (Lipinski definition) is 0. The van der Waals surface area contributed by atoms with Crippen LogP contribution in [0, 0.1) is 11.3 Å². The van der Waals surface area contributed by atoms with Gasteiger partial charge in [0.05, 0.1) is 11.1 Å². The van der Waals surface area contributed by atoms with Crippen molar-refractivity contribution < 1.29 is 12.6 Å². The molecule has 0 fully saturated rings. The molecule has 0 aliphatic rings. The van der Waals surface area contributed by atoms with Crippen molar-refractivity contribution in [2.24, 2.45) is 0 Å². The Kier molecular flexibility index (Phi) is 3.49. The molecule has 1 heterocycles. The summed E-state index contributed by atoms with van der Waals surface area (Å²) in [5.74, 6) is -0.00191. The fourth-order valence-corrected chi connectivity index (χ4v) is 3.20. The monoisotopic (exact) mass is 310 g/mol. The van der Waals surface area contributed by atoms with Gasteiger partial charge in [0.2, 0.25) is 0 Å². The lowest BCUT2D eigenvalue weighted by Crippen LogP contribution is -2.11. The van der Waals surface area contributed by atoms with Gasteiger partial charge in [-0.1, -0.05) is 30.3 Å². The van der Waals surface area contributed by atoms with Crippen LogP contribution in [0.5, 0.6) is 5.75 Å². The number of fused-ring (bicyclic) bond motifs is 1. The van der Waals surface area contributed by atoms with Crippen molar-refractivity contribution in [2.45, 2.75) is 4.90 Å². The molecule has 0 bridgehead atoms. The van der Waals surface area contributed by atoms with Crippen molar-refractivity contribution in [3.8, 4) is 11.8 Å². The summed E-state index contributed by atoms with van der Waals surface area (Å²) in [5.41, 5.74) is 0.485. The lowest BCUT2D eigenvalue weighted by atomic mass is 10.2. The summed E-state index contributed by atoms with van der Waals surface area (Å²) in [6.45, 7) is 0. The number of nitrogens with zero attached hydrogens (tertiary/aromatic N) is 2. The second kappa shape index (κ2) is 5.47. The molecule has 1 aromatic heterocycles. The summed E-state index contributed by atoms with van der Waals surface area (Å²) in [4.78, 5) is 4.08. The minimum absolute atomic E-state index is 0.00191. The van der Waals surface area contributed by atoms with Gasteiger partial charge in [0, 0.05) is 11.6 Å². The standard InChI is InChI=1S/C16H10N2O3S/c17-11-13-5-1-2-8-14(13)21-22(19,20)15-9-3-6-12-7-4-10-18-16(12)15/h1-10H. The van der Waals surface area contributed by atoms with Gasteiger partial charge in [0.25, 0.3) is 0 Å². The molecule has 22 heavy (non-hydrogen) atoms. The zero-order valence-electron chi connectivity index (χ0n) is 11.3. The smallest absolute Gasteiger partial charge is 0.341 e. The van der Waals surface area contributed by atoms with Crippen LogP contribution in [0.3, 0.4) is 0 Å². The van der Waals surface area contributed by atoms with Crippen LogP contribution >= 0.6 is 0 Å². The number of pyridine rings is 1. The van der Waals surface area contributed by atoms with Crippen LogP contribution in [-0.2, 0) is 10.1 Å². The van der Waals surface area contributed by atoms with Gasteiger partial charge in [-0.05, 0) is 24.3 Å². The highest BCUT2D eigenvalue weighted by atomic mass is 32.2. The minimum Gasteiger partial charge on any atom is -0.377 e. The topological polar surface area (TPSA) is 80.0 Å². The number of aromatic nitrogens is 1. The third-order valence-corrected chi connectivity index (χ3v) is 4.34. The third-order valence-electron chi connectivity index (χ3n) is 3.07. The van der Waals surface area contributed by atoms with Gasteiger partial charge >= 0.3 is 10.1 Å². The van der Waals surface area contributed by atoms with E-state index in [-0.39, 0.29) is 16.2 Å². The SMILES string of the molecule is N#Cc1ccccc1OS(=O)(=O)c1cccc2cccnc12. The molecular weight excluding hydrogens is 300 g/mol. The van der Waals surface area contributed by atoms with Gasteiger partial charge < -0.3 is 4.18 Å². The summed E-state index contributed by atoms with van der Waals surface area (Å²) in [5, 5.41) is 9.72. The first kappa shape index (κ1) is 14.0. The minimum atomic E-state index is -4.09. The van der Waals surface area contributed by atoms with Crippen molar-refractivity contribution in [1.82, 2.24) is 4.98 Å². The summed E-state index contributed by atoms with van der Waals surface area (Å²) in [7, 11) is -4.09. The molecule has 6 heteroatoms. The zero-order chi connectivity index (χ0) is 15.6. The van der Waals surface area contributed by atoms with E-state index in [0.29, 0.717) is 10.9 Å². The highest BCUT2D eigenvalue weighted by Gasteiger charge is 2.21. The normalized spacial score (nSPS) is 11.0. The first-order valence-electron chi connectivity index (χ1n) is 6.39. The summed E-state index contributed by atoms with van der Waals surface area (Å²) in [6.07, 6.45) is 1.52. The van der Waals surface area contributed by atoms with Crippen LogP contribution < -0.4 is 4.18 Å². The van der Waals surface area contributed by atoms with Gasteiger partial charge in [-0.2, -0.15) is 13.7 Å². The Bertz CT molecular complexity index is 986. The Morgan fingerprint density at radius 2 is 1.77 bits per heavy atom. The Labute approximate surface area is 127 Å². The van der Waals surface area contributed by atoms with E-state index >= 15 is 0 Å². The number of para-hydroxylation sites is 2. The maximum atomic E-state index is 12.5. The van der Waals surface area contributed by atoms with E-state index in [0.717, 1.165) is 0 Å². The maximum absolute atomic E-state index is 12.5. The quantitative estimate of drug-likeness (QED) is 0.695. The molecule has 0 radical (unpaired) electrons. The second-order valence-corrected chi connectivity index (χ2v) is 5.99. The zero-order valence-corrected chi connectivity index (χ0v) is 12.1. The highest BCUT2D eigenvalue weighted by Crippen LogP contribution is 2.26. The Hall–Kier alpha value is -2.91. The van der Waals surface area contributed by atoms with E-state index in [4.69, 9.17) is 9.44 Å². The third kappa shape index (κ3) is 2.50. The van der Waals surface area contributed by atoms with Crippen molar-refractivity contribution >= 4 is 21.0 Å². The number of nitriles is 1. The summed E-state index contributed by atoms with van der Waals surface area (Å²) in [6, 6.07) is 16.4. The van der Waals surface area contributed by atoms with Crippen LogP contribution in [-0.4, -0.2) is 13.4 Å². The molecule has 0 saturated carbocycles. The Balaban J connectivity index is 2.12. The van der Waals surface area contributed by atoms with Gasteiger partial charge in [0.1, 0.15) is 11.0 Å². The molecule has 0 saturated heterocycles. The molecule has 3 aromatic rings. The van der Waals surface area contributed by atoms with Crippen molar-refractivity contribution in [3.05, 3.63) is 66.4 Å². The lowest BCUT2D eigenvalue weighted by molar-refractivity contribution is 0.486. The molecular formula is C16H10N2O3S. The van der Waals surface area contributed by atoms with Crippen molar-refractivity contribution in [3.63, 3.8) is 0 Å². The van der Waals surface area contributed by atoms with Crippen LogP contribution in [0.1, 0.15) is 5.56 Å². The number of benzene rings is 2. The first-order valence-corrected chi connectivity index (χ1v) is 7.80. The van der Waals surface area contributed by atoms with E-state index in [9.17, 15) is 8.42 Å². The van der Waals surface area contributed by atoms with E-state index in [2.05, 4.69) is 4.98 Å². The molecule has 0 atom stereocenters. The summed E-state index contributed by atoms with van der Waals surface area (Å²) >= 11 is 0. The van der Waals surface area contributed by atoms with Crippen LogP contribution in [0.25, 0.3) is 10.9 Å². The molecule has 0 unspecified atom stereocenters. The van der Waals surface area contributed by atoms with E-state index in [1.54, 1.807) is 36.4 Å². The molecule has 0 amide bonds. The molecule has 5 nitrogen and oxygen atoms in total. The number of hydrogen-bond acceptors (Lipinski definition) is 5. The summed E-state index contributed by atoms with van der Waals surface area (Å²) < 4.78 is 30.2. The Morgan fingerprint density at radius 1 is 1.00 bits per heavy atom. The molecule has 108 valence electrons. The van der Waals surface area contributed by atoms with Gasteiger partial charge in [-0.3, -0.25) is 4.98 Å². The van der Waals surface area contributed by atoms with E-state index < -0.39 is 10.1 Å². The average Bonchev–Trinajstić information content (AvgIpc) is 2.54. The predicted molar refractivity (Wildman–Crippen MR) is 80.7 cm³/mol. The fourth-order valence-electron chi connectivity index (χ4n) is 2.07. The first-order chi connectivity index (χ1) is 10.6. The molecule has 0 aliphatic heterocycles. The van der Waals surface area contributed by atoms with E-state index in [1.165, 1.54) is 24.4 Å². The molecule has 3 rings (SSSR count). The molecule has 0 N–H and O–H groups in total. The van der Waals surface area contributed by atoms with E-state index in [1.807, 2.05) is 6.07 Å². The molecule has 0 aliphatic carbocycles. The predicted octanol–water partition coefficient (Wildman–Crippen LogP) is 2.87. The van der Waals surface area contributed by atoms with Crippen LogP contribution in [0.4, 0.5) is 0 Å². The highest BCUT2D eigenvalue weighted by molar-refractivity contribution is 7.87. The largest absolute Gasteiger partial charge is 0.377 e. The second-order valence-electron chi connectivity index (χ2n) is 4.48. The van der Waals surface area contributed by atoms with Crippen LogP contribution in [0.2, 0.25) is 0 Å². The fraction of sp³-hybridized carbons (Fsp3) is 0. The maximum Gasteiger partial charge on any atom is 0.341 e. The van der Waals surface area contributed by atoms with Crippen LogP contribution in [0.15, 0.2) is 65.7 Å². The van der Waals surface area contributed by atoms with Gasteiger partial charge in [-0.15, -0.1) is 0 Å². The lowest BCUT2D eigenvalue weighted by Gasteiger charge is -2.09. The van der Waals surface area contributed by atoms with Crippen molar-refractivity contribution in [1.29, 1.82) is 5.26 Å². The number of rotatable bonds is 3. The van der Waals surface area contributed by atoms with Gasteiger partial charge in [-0.25, -0.2) is 0 Å². The molecule has 0 spiro atoms. The Morgan fingerprint density at radius 3 is 2.59 bits per heavy atom. The molecule has 2 aromatic carbocycles.